The predicted molar refractivity (Wildman–Crippen MR) is 81.5 cm³/mol. The van der Waals surface area contributed by atoms with Gasteiger partial charge in [0, 0.05) is 12.6 Å². The second kappa shape index (κ2) is 6.46. The molecule has 0 aromatic carbocycles. The van der Waals surface area contributed by atoms with E-state index in [-0.39, 0.29) is 6.04 Å². The van der Waals surface area contributed by atoms with Crippen LogP contribution in [0.25, 0.3) is 0 Å². The van der Waals surface area contributed by atoms with Gasteiger partial charge in [0.2, 0.25) is 5.91 Å². The summed E-state index contributed by atoms with van der Waals surface area (Å²) in [6.07, 6.45) is 13.0. The van der Waals surface area contributed by atoms with Crippen molar-refractivity contribution in [1.82, 2.24) is 10.2 Å². The molecule has 20 heavy (non-hydrogen) atoms. The number of hydrogen-bond acceptors (Lipinski definition) is 2. The average molecular weight is 278 g/mol. The summed E-state index contributed by atoms with van der Waals surface area (Å²) in [6.45, 7) is 1.04. The van der Waals surface area contributed by atoms with Crippen LogP contribution in [-0.4, -0.2) is 36.5 Å². The number of likely N-dealkylation sites (N-methyl/N-ethyl adjacent to an activating group) is 1. The van der Waals surface area contributed by atoms with Crippen LogP contribution in [0, 0.1) is 11.8 Å². The summed E-state index contributed by atoms with van der Waals surface area (Å²) >= 11 is 0. The van der Waals surface area contributed by atoms with Crippen LogP contribution in [0.1, 0.15) is 64.2 Å². The standard InChI is InChI=1S/C17H30N2O/c1-18-15-11-10-14-8-5-9-16(14)19(17(15)20)12-13-6-3-2-4-7-13/h13-16,18H,2-12H2,1H3. The number of rotatable bonds is 3. The van der Waals surface area contributed by atoms with E-state index < -0.39 is 0 Å². The Kier molecular flexibility index (Phi) is 4.65. The number of nitrogens with zero attached hydrogens (tertiary/aromatic N) is 1. The van der Waals surface area contributed by atoms with E-state index in [9.17, 15) is 4.79 Å². The quantitative estimate of drug-likeness (QED) is 0.861. The van der Waals surface area contributed by atoms with Crippen molar-refractivity contribution >= 4 is 5.91 Å². The topological polar surface area (TPSA) is 32.3 Å². The molecule has 0 spiro atoms. The lowest BCUT2D eigenvalue weighted by Crippen LogP contribution is -2.50. The molecule has 3 nitrogen and oxygen atoms in total. The van der Waals surface area contributed by atoms with E-state index in [1.807, 2.05) is 7.05 Å². The zero-order valence-electron chi connectivity index (χ0n) is 12.9. The van der Waals surface area contributed by atoms with Gasteiger partial charge in [0.1, 0.15) is 0 Å². The monoisotopic (exact) mass is 278 g/mol. The minimum absolute atomic E-state index is 0.0733. The van der Waals surface area contributed by atoms with Crippen molar-refractivity contribution in [3.63, 3.8) is 0 Å². The molecule has 1 heterocycles. The first kappa shape index (κ1) is 14.4. The van der Waals surface area contributed by atoms with Gasteiger partial charge in [-0.25, -0.2) is 0 Å². The van der Waals surface area contributed by atoms with Crippen molar-refractivity contribution in [3.05, 3.63) is 0 Å². The molecule has 0 aromatic rings. The summed E-state index contributed by atoms with van der Waals surface area (Å²) in [5.41, 5.74) is 0. The Morgan fingerprint density at radius 3 is 2.55 bits per heavy atom. The molecule has 1 saturated heterocycles. The molecule has 0 bridgehead atoms. The van der Waals surface area contributed by atoms with Crippen LogP contribution in [0.3, 0.4) is 0 Å². The average Bonchev–Trinajstić information content (AvgIpc) is 2.90. The number of amides is 1. The third-order valence-corrected chi connectivity index (χ3v) is 5.95. The molecule has 2 aliphatic carbocycles. The van der Waals surface area contributed by atoms with Crippen molar-refractivity contribution in [3.8, 4) is 0 Å². The molecule has 114 valence electrons. The molecule has 3 unspecified atom stereocenters. The van der Waals surface area contributed by atoms with Gasteiger partial charge in [-0.1, -0.05) is 25.7 Å². The lowest BCUT2D eigenvalue weighted by atomic mass is 9.88. The Labute approximate surface area is 123 Å². The molecule has 3 heteroatoms. The fourth-order valence-corrected chi connectivity index (χ4v) is 4.77. The van der Waals surface area contributed by atoms with Crippen molar-refractivity contribution in [2.75, 3.05) is 13.6 Å². The Morgan fingerprint density at radius 2 is 1.80 bits per heavy atom. The highest BCUT2D eigenvalue weighted by Crippen LogP contribution is 2.37. The highest BCUT2D eigenvalue weighted by Gasteiger charge is 2.40. The van der Waals surface area contributed by atoms with E-state index >= 15 is 0 Å². The summed E-state index contributed by atoms with van der Waals surface area (Å²) in [4.78, 5) is 15.2. The van der Waals surface area contributed by atoms with Gasteiger partial charge in [-0.05, 0) is 57.4 Å². The van der Waals surface area contributed by atoms with Crippen LogP contribution in [0.5, 0.6) is 0 Å². The maximum atomic E-state index is 12.9. The smallest absolute Gasteiger partial charge is 0.239 e. The van der Waals surface area contributed by atoms with Crippen molar-refractivity contribution in [2.24, 2.45) is 11.8 Å². The van der Waals surface area contributed by atoms with Gasteiger partial charge in [0.05, 0.1) is 6.04 Å². The zero-order valence-corrected chi connectivity index (χ0v) is 12.9. The Bertz CT molecular complexity index is 338. The fourth-order valence-electron chi connectivity index (χ4n) is 4.77. The molecule has 1 aliphatic heterocycles. The van der Waals surface area contributed by atoms with E-state index in [1.165, 1.54) is 57.8 Å². The van der Waals surface area contributed by atoms with Gasteiger partial charge in [-0.3, -0.25) is 4.79 Å². The van der Waals surface area contributed by atoms with Gasteiger partial charge in [-0.15, -0.1) is 0 Å². The molecule has 3 fully saturated rings. The van der Waals surface area contributed by atoms with Crippen molar-refractivity contribution in [2.45, 2.75) is 76.3 Å². The Morgan fingerprint density at radius 1 is 1.00 bits per heavy atom. The second-order valence-electron chi connectivity index (χ2n) is 7.17. The summed E-state index contributed by atoms with van der Waals surface area (Å²) in [5.74, 6) is 1.94. The normalized spacial score (nSPS) is 36.0. The van der Waals surface area contributed by atoms with E-state index in [2.05, 4.69) is 10.2 Å². The van der Waals surface area contributed by atoms with E-state index in [4.69, 9.17) is 0 Å². The van der Waals surface area contributed by atoms with Crippen LogP contribution in [-0.2, 0) is 4.79 Å². The number of nitrogens with one attached hydrogen (secondary N) is 1. The number of likely N-dealkylation sites (tertiary alicyclic amines) is 1. The van der Waals surface area contributed by atoms with Crippen LogP contribution in [0.2, 0.25) is 0 Å². The summed E-state index contributed by atoms with van der Waals surface area (Å²) in [7, 11) is 1.95. The van der Waals surface area contributed by atoms with Crippen molar-refractivity contribution in [1.29, 1.82) is 0 Å². The summed E-state index contributed by atoms with van der Waals surface area (Å²) in [6, 6.07) is 0.631. The summed E-state index contributed by atoms with van der Waals surface area (Å²) < 4.78 is 0. The van der Waals surface area contributed by atoms with E-state index in [1.54, 1.807) is 0 Å². The molecule has 0 aromatic heterocycles. The molecular weight excluding hydrogens is 248 g/mol. The number of hydrogen-bond donors (Lipinski definition) is 1. The van der Waals surface area contributed by atoms with Gasteiger partial charge >= 0.3 is 0 Å². The molecular formula is C17H30N2O. The lowest BCUT2D eigenvalue weighted by Gasteiger charge is -2.36. The van der Waals surface area contributed by atoms with Gasteiger partial charge in [-0.2, -0.15) is 0 Å². The molecule has 1 amide bonds. The molecule has 1 N–H and O–H groups in total. The second-order valence-corrected chi connectivity index (χ2v) is 7.17. The van der Waals surface area contributed by atoms with Crippen molar-refractivity contribution < 1.29 is 4.79 Å². The number of fused-ring (bicyclic) bond motifs is 1. The van der Waals surface area contributed by atoms with Crippen LogP contribution in [0.15, 0.2) is 0 Å². The molecule has 0 radical (unpaired) electrons. The summed E-state index contributed by atoms with van der Waals surface area (Å²) in [5, 5.41) is 3.26. The van der Waals surface area contributed by atoms with E-state index in [0.29, 0.717) is 11.9 Å². The zero-order chi connectivity index (χ0) is 13.9. The minimum Gasteiger partial charge on any atom is -0.338 e. The molecule has 3 rings (SSSR count). The highest BCUT2D eigenvalue weighted by atomic mass is 16.2. The van der Waals surface area contributed by atoms with Gasteiger partial charge < -0.3 is 10.2 Å². The maximum absolute atomic E-state index is 12.9. The molecule has 3 aliphatic rings. The maximum Gasteiger partial charge on any atom is 0.239 e. The Balaban J connectivity index is 1.73. The lowest BCUT2D eigenvalue weighted by molar-refractivity contribution is -0.136. The van der Waals surface area contributed by atoms with Crippen LogP contribution in [0.4, 0.5) is 0 Å². The molecule has 2 saturated carbocycles. The minimum atomic E-state index is 0.0733. The van der Waals surface area contributed by atoms with E-state index in [0.717, 1.165) is 24.8 Å². The van der Waals surface area contributed by atoms with Gasteiger partial charge in [0.25, 0.3) is 0 Å². The highest BCUT2D eigenvalue weighted by molar-refractivity contribution is 5.82. The Hall–Kier alpha value is -0.570. The first-order valence-electron chi connectivity index (χ1n) is 8.77. The van der Waals surface area contributed by atoms with Crippen LogP contribution >= 0.6 is 0 Å². The fraction of sp³-hybridized carbons (Fsp3) is 0.941. The number of carbonyl (C=O) groups excluding carboxylic acids is 1. The predicted octanol–water partition coefficient (Wildman–Crippen LogP) is 2.95. The SMILES string of the molecule is CNC1CCC2CCCC2N(CC2CCCCC2)C1=O. The first-order chi connectivity index (χ1) is 9.79. The van der Waals surface area contributed by atoms with Gasteiger partial charge in [0.15, 0.2) is 0 Å². The molecule has 3 atom stereocenters. The van der Waals surface area contributed by atoms with Crippen LogP contribution < -0.4 is 5.32 Å². The third-order valence-electron chi connectivity index (χ3n) is 5.95. The largest absolute Gasteiger partial charge is 0.338 e. The first-order valence-corrected chi connectivity index (χ1v) is 8.77. The third kappa shape index (κ3) is 2.88. The number of carbonyl (C=O) groups is 1.